The molecule has 2 aromatic carbocycles. The highest BCUT2D eigenvalue weighted by molar-refractivity contribution is 6.30. The first-order chi connectivity index (χ1) is 12.0. The van der Waals surface area contributed by atoms with E-state index in [1.54, 1.807) is 42.3 Å². The lowest BCUT2D eigenvalue weighted by Gasteiger charge is -2.16. The molecule has 25 heavy (non-hydrogen) atoms. The molecule has 1 amide bonds. The molecule has 1 aromatic heterocycles. The standard InChI is InChI=1S/C18H17ClN4O2/c1-12-9-14(19)3-8-17(12)25-13(2)18(24)22-15-4-6-16(7-5-15)23-10-20-21-11-23/h3-11,13H,1-2H3,(H,22,24)/t13-/m1/s1. The highest BCUT2D eigenvalue weighted by Gasteiger charge is 2.16. The molecule has 0 radical (unpaired) electrons. The van der Waals surface area contributed by atoms with Crippen LogP contribution in [0.5, 0.6) is 5.75 Å². The van der Waals surface area contributed by atoms with Gasteiger partial charge in [-0.05, 0) is 61.9 Å². The van der Waals surface area contributed by atoms with E-state index in [0.717, 1.165) is 11.3 Å². The first-order valence-electron chi connectivity index (χ1n) is 7.71. The lowest BCUT2D eigenvalue weighted by molar-refractivity contribution is -0.122. The number of hydrogen-bond donors (Lipinski definition) is 1. The fourth-order valence-electron chi connectivity index (χ4n) is 2.28. The Bertz CT molecular complexity index is 863. The molecule has 1 N–H and O–H groups in total. The minimum atomic E-state index is -0.641. The second-order valence-electron chi connectivity index (χ2n) is 5.58. The van der Waals surface area contributed by atoms with Gasteiger partial charge in [0, 0.05) is 16.4 Å². The van der Waals surface area contributed by atoms with Gasteiger partial charge in [-0.1, -0.05) is 11.6 Å². The van der Waals surface area contributed by atoms with Gasteiger partial charge < -0.3 is 10.1 Å². The van der Waals surface area contributed by atoms with Crippen molar-refractivity contribution < 1.29 is 9.53 Å². The third kappa shape index (κ3) is 4.16. The fraction of sp³-hybridized carbons (Fsp3) is 0.167. The Balaban J connectivity index is 1.63. The van der Waals surface area contributed by atoms with Crippen LogP contribution in [-0.4, -0.2) is 26.8 Å². The number of aromatic nitrogens is 3. The minimum absolute atomic E-state index is 0.230. The van der Waals surface area contributed by atoms with Crippen LogP contribution in [0.4, 0.5) is 5.69 Å². The maximum atomic E-state index is 12.3. The van der Waals surface area contributed by atoms with Crippen molar-refractivity contribution in [3.05, 3.63) is 65.7 Å². The van der Waals surface area contributed by atoms with Crippen molar-refractivity contribution in [2.24, 2.45) is 0 Å². The van der Waals surface area contributed by atoms with Crippen molar-refractivity contribution in [3.63, 3.8) is 0 Å². The zero-order chi connectivity index (χ0) is 17.8. The monoisotopic (exact) mass is 356 g/mol. The van der Waals surface area contributed by atoms with Gasteiger partial charge in [0.25, 0.3) is 5.91 Å². The van der Waals surface area contributed by atoms with Crippen LogP contribution < -0.4 is 10.1 Å². The molecule has 0 saturated heterocycles. The zero-order valence-electron chi connectivity index (χ0n) is 13.8. The van der Waals surface area contributed by atoms with Crippen molar-refractivity contribution in [2.75, 3.05) is 5.32 Å². The Hall–Kier alpha value is -2.86. The predicted molar refractivity (Wildman–Crippen MR) is 96.3 cm³/mol. The molecule has 0 spiro atoms. The van der Waals surface area contributed by atoms with Crippen LogP contribution >= 0.6 is 11.6 Å². The zero-order valence-corrected chi connectivity index (χ0v) is 14.6. The first kappa shape index (κ1) is 17.0. The van der Waals surface area contributed by atoms with E-state index < -0.39 is 6.10 Å². The summed E-state index contributed by atoms with van der Waals surface area (Å²) >= 11 is 5.93. The van der Waals surface area contributed by atoms with E-state index in [1.807, 2.05) is 31.2 Å². The number of hydrogen-bond acceptors (Lipinski definition) is 4. The maximum Gasteiger partial charge on any atom is 0.265 e. The van der Waals surface area contributed by atoms with Gasteiger partial charge in [-0.25, -0.2) is 0 Å². The van der Waals surface area contributed by atoms with Gasteiger partial charge in [0.2, 0.25) is 0 Å². The van der Waals surface area contributed by atoms with Gasteiger partial charge >= 0.3 is 0 Å². The quantitative estimate of drug-likeness (QED) is 0.757. The van der Waals surface area contributed by atoms with Gasteiger partial charge in [0.15, 0.2) is 6.10 Å². The molecule has 0 fully saturated rings. The molecule has 3 aromatic rings. The topological polar surface area (TPSA) is 69.0 Å². The second kappa shape index (κ2) is 7.36. The molecule has 0 aliphatic heterocycles. The Morgan fingerprint density at radius 2 is 1.84 bits per heavy atom. The molecule has 3 rings (SSSR count). The van der Waals surface area contributed by atoms with Crippen molar-refractivity contribution in [2.45, 2.75) is 20.0 Å². The maximum absolute atomic E-state index is 12.3. The van der Waals surface area contributed by atoms with Crippen LogP contribution in [0.15, 0.2) is 55.1 Å². The number of carbonyl (C=O) groups is 1. The number of anilines is 1. The smallest absolute Gasteiger partial charge is 0.265 e. The normalized spacial score (nSPS) is 11.8. The molecule has 128 valence electrons. The third-order valence-electron chi connectivity index (χ3n) is 3.66. The average molecular weight is 357 g/mol. The molecule has 0 aliphatic carbocycles. The van der Waals surface area contributed by atoms with E-state index in [1.165, 1.54) is 0 Å². The van der Waals surface area contributed by atoms with Crippen LogP contribution in [0, 0.1) is 6.92 Å². The number of nitrogens with one attached hydrogen (secondary N) is 1. The number of ether oxygens (including phenoxy) is 1. The molecule has 0 bridgehead atoms. The summed E-state index contributed by atoms with van der Waals surface area (Å²) in [5.74, 6) is 0.404. The number of halogens is 1. The minimum Gasteiger partial charge on any atom is -0.481 e. The number of benzene rings is 2. The largest absolute Gasteiger partial charge is 0.481 e. The molecule has 1 heterocycles. The number of aryl methyl sites for hydroxylation is 1. The highest BCUT2D eigenvalue weighted by Crippen LogP contribution is 2.23. The van der Waals surface area contributed by atoms with Crippen molar-refractivity contribution in [1.82, 2.24) is 14.8 Å². The highest BCUT2D eigenvalue weighted by atomic mass is 35.5. The Labute approximate surface area is 150 Å². The summed E-state index contributed by atoms with van der Waals surface area (Å²) in [5, 5.41) is 11.0. The van der Waals surface area contributed by atoms with Gasteiger partial charge in [0.05, 0.1) is 0 Å². The number of rotatable bonds is 5. The fourth-order valence-corrected chi connectivity index (χ4v) is 2.51. The number of carbonyl (C=O) groups excluding carboxylic acids is 1. The summed E-state index contributed by atoms with van der Waals surface area (Å²) in [6.07, 6.45) is 2.58. The van der Waals surface area contributed by atoms with Crippen molar-refractivity contribution >= 4 is 23.2 Å². The molecule has 0 aliphatic rings. The van der Waals surface area contributed by atoms with Crippen LogP contribution in [-0.2, 0) is 4.79 Å². The van der Waals surface area contributed by atoms with Gasteiger partial charge in [-0.3, -0.25) is 9.36 Å². The van der Waals surface area contributed by atoms with Crippen LogP contribution in [0.25, 0.3) is 5.69 Å². The van der Waals surface area contributed by atoms with Gasteiger partial charge in [-0.2, -0.15) is 0 Å². The lowest BCUT2D eigenvalue weighted by atomic mass is 10.2. The van der Waals surface area contributed by atoms with Gasteiger partial charge in [0.1, 0.15) is 18.4 Å². The summed E-state index contributed by atoms with van der Waals surface area (Å²) in [7, 11) is 0. The number of nitrogens with zero attached hydrogens (tertiary/aromatic N) is 3. The Kier molecular flexibility index (Phi) is 5.00. The van der Waals surface area contributed by atoms with Crippen LogP contribution in [0.1, 0.15) is 12.5 Å². The van der Waals surface area contributed by atoms with Crippen LogP contribution in [0.2, 0.25) is 5.02 Å². The van der Waals surface area contributed by atoms with E-state index in [2.05, 4.69) is 15.5 Å². The van der Waals surface area contributed by atoms with E-state index in [4.69, 9.17) is 16.3 Å². The molecular formula is C18H17ClN4O2. The first-order valence-corrected chi connectivity index (χ1v) is 8.09. The lowest BCUT2D eigenvalue weighted by Crippen LogP contribution is -2.30. The molecule has 6 nitrogen and oxygen atoms in total. The average Bonchev–Trinajstić information content (AvgIpc) is 3.12. The van der Waals surface area contributed by atoms with E-state index in [-0.39, 0.29) is 5.91 Å². The summed E-state index contributed by atoms with van der Waals surface area (Å²) in [6.45, 7) is 3.59. The van der Waals surface area contributed by atoms with Crippen molar-refractivity contribution in [3.8, 4) is 11.4 Å². The summed E-state index contributed by atoms with van der Waals surface area (Å²) in [6, 6.07) is 12.7. The summed E-state index contributed by atoms with van der Waals surface area (Å²) in [4.78, 5) is 12.3. The predicted octanol–water partition coefficient (Wildman–Crippen LogP) is 3.64. The summed E-state index contributed by atoms with van der Waals surface area (Å²) in [5.41, 5.74) is 2.47. The molecule has 7 heteroatoms. The van der Waals surface area contributed by atoms with Crippen molar-refractivity contribution in [1.29, 1.82) is 0 Å². The SMILES string of the molecule is Cc1cc(Cl)ccc1O[C@H](C)C(=O)Nc1ccc(-n2cnnc2)cc1. The molecule has 0 unspecified atom stereocenters. The number of amides is 1. The second-order valence-corrected chi connectivity index (χ2v) is 6.01. The summed E-state index contributed by atoms with van der Waals surface area (Å²) < 4.78 is 7.50. The Morgan fingerprint density at radius 3 is 2.48 bits per heavy atom. The third-order valence-corrected chi connectivity index (χ3v) is 3.90. The van der Waals surface area contributed by atoms with Gasteiger partial charge in [-0.15, -0.1) is 10.2 Å². The van der Waals surface area contributed by atoms with E-state index in [0.29, 0.717) is 16.5 Å². The molecule has 0 saturated carbocycles. The molecular weight excluding hydrogens is 340 g/mol. The van der Waals surface area contributed by atoms with E-state index >= 15 is 0 Å². The molecule has 1 atom stereocenters. The van der Waals surface area contributed by atoms with E-state index in [9.17, 15) is 4.79 Å². The Morgan fingerprint density at radius 1 is 1.16 bits per heavy atom. The van der Waals surface area contributed by atoms with Crippen LogP contribution in [0.3, 0.4) is 0 Å².